The van der Waals surface area contributed by atoms with E-state index in [-0.39, 0.29) is 17.2 Å². The van der Waals surface area contributed by atoms with Gasteiger partial charge in [-0.3, -0.25) is 0 Å². The molecule has 1 atom stereocenters. The molecule has 1 aliphatic rings. The largest absolute Gasteiger partial charge is 0.418 e. The van der Waals surface area contributed by atoms with Crippen LogP contribution in [0.15, 0.2) is 30.6 Å². The third-order valence-electron chi connectivity index (χ3n) is 4.88. The first-order valence-electron chi connectivity index (χ1n) is 8.33. The highest BCUT2D eigenvalue weighted by Gasteiger charge is 2.37. The van der Waals surface area contributed by atoms with Crippen molar-refractivity contribution < 1.29 is 18.3 Å². The zero-order chi connectivity index (χ0) is 18.9. The summed E-state index contributed by atoms with van der Waals surface area (Å²) in [5.74, 6) is 0.512. The summed E-state index contributed by atoms with van der Waals surface area (Å²) in [6.45, 7) is 0.808. The minimum Gasteiger partial charge on any atom is -0.385 e. The summed E-state index contributed by atoms with van der Waals surface area (Å²) >= 11 is 0. The lowest BCUT2D eigenvalue weighted by Gasteiger charge is -2.36. The number of nitriles is 1. The fraction of sp³-hybridized carbons (Fsp3) is 0.444. The van der Waals surface area contributed by atoms with E-state index in [0.29, 0.717) is 31.8 Å². The molecule has 8 heteroatoms. The quantitative estimate of drug-likeness (QED) is 0.908. The number of aliphatic hydroxyl groups excluding tert-OH is 1. The molecule has 26 heavy (non-hydrogen) atoms. The lowest BCUT2D eigenvalue weighted by atomic mass is 9.90. The highest BCUT2D eigenvalue weighted by Crippen LogP contribution is 2.39. The highest BCUT2D eigenvalue weighted by molar-refractivity contribution is 5.58. The van der Waals surface area contributed by atoms with Gasteiger partial charge in [0.2, 0.25) is 0 Å². The number of alkyl halides is 3. The number of halogens is 3. The SMILES string of the molecule is Cn1ccnc1C(O)C1CCN(c2ccc(C#N)cc2C(F)(F)F)CC1. The Morgan fingerprint density at radius 2 is 2.00 bits per heavy atom. The third-order valence-corrected chi connectivity index (χ3v) is 4.88. The topological polar surface area (TPSA) is 65.1 Å². The van der Waals surface area contributed by atoms with Gasteiger partial charge in [-0.15, -0.1) is 0 Å². The number of aryl methyl sites for hydroxylation is 1. The van der Waals surface area contributed by atoms with Crippen LogP contribution in [-0.4, -0.2) is 27.7 Å². The Balaban J connectivity index is 1.76. The van der Waals surface area contributed by atoms with Crippen LogP contribution < -0.4 is 4.90 Å². The van der Waals surface area contributed by atoms with E-state index < -0.39 is 17.8 Å². The van der Waals surface area contributed by atoms with Crippen molar-refractivity contribution in [2.24, 2.45) is 13.0 Å². The van der Waals surface area contributed by atoms with Crippen LogP contribution in [0.4, 0.5) is 18.9 Å². The van der Waals surface area contributed by atoms with Crippen molar-refractivity contribution in [2.45, 2.75) is 25.1 Å². The van der Waals surface area contributed by atoms with Gasteiger partial charge >= 0.3 is 6.18 Å². The van der Waals surface area contributed by atoms with Crippen LogP contribution in [0.2, 0.25) is 0 Å². The van der Waals surface area contributed by atoms with Gasteiger partial charge in [0.25, 0.3) is 0 Å². The van der Waals surface area contributed by atoms with Crippen molar-refractivity contribution >= 4 is 5.69 Å². The first kappa shape index (κ1) is 18.3. The average Bonchev–Trinajstić information content (AvgIpc) is 3.06. The van der Waals surface area contributed by atoms with E-state index in [9.17, 15) is 18.3 Å². The standard InChI is InChI=1S/C18H19F3N4O/c1-24-9-6-23-17(24)16(26)13-4-7-25(8-5-13)15-3-2-12(11-22)10-14(15)18(19,20)21/h2-3,6,9-10,13,16,26H,4-5,7-8H2,1H3. The number of benzene rings is 1. The summed E-state index contributed by atoms with van der Waals surface area (Å²) < 4.78 is 41.9. The van der Waals surface area contributed by atoms with Crippen LogP contribution in [0, 0.1) is 17.2 Å². The first-order chi connectivity index (χ1) is 12.3. The minimum atomic E-state index is -4.52. The summed E-state index contributed by atoms with van der Waals surface area (Å²) in [6.07, 6.45) is -0.775. The molecule has 3 rings (SSSR count). The van der Waals surface area contributed by atoms with Crippen LogP contribution in [-0.2, 0) is 13.2 Å². The normalized spacial score (nSPS) is 17.2. The molecule has 2 heterocycles. The molecule has 1 aliphatic heterocycles. The summed E-state index contributed by atoms with van der Waals surface area (Å²) in [6, 6.07) is 5.40. The summed E-state index contributed by atoms with van der Waals surface area (Å²) in [5.41, 5.74) is -0.720. The van der Waals surface area contributed by atoms with E-state index >= 15 is 0 Å². The monoisotopic (exact) mass is 364 g/mol. The van der Waals surface area contributed by atoms with Crippen LogP contribution >= 0.6 is 0 Å². The number of anilines is 1. The van der Waals surface area contributed by atoms with Crippen molar-refractivity contribution in [3.8, 4) is 6.07 Å². The van der Waals surface area contributed by atoms with E-state index in [1.165, 1.54) is 12.1 Å². The zero-order valence-corrected chi connectivity index (χ0v) is 14.2. The number of imidazole rings is 1. The first-order valence-corrected chi connectivity index (χ1v) is 8.33. The lowest BCUT2D eigenvalue weighted by Crippen LogP contribution is -2.37. The van der Waals surface area contributed by atoms with Gasteiger partial charge in [-0.05, 0) is 37.0 Å². The Bertz CT molecular complexity index is 817. The Kier molecular flexibility index (Phi) is 4.92. The van der Waals surface area contributed by atoms with Crippen molar-refractivity contribution in [2.75, 3.05) is 18.0 Å². The van der Waals surface area contributed by atoms with Crippen LogP contribution in [0.5, 0.6) is 0 Å². The molecule has 138 valence electrons. The second kappa shape index (κ2) is 7.00. The number of nitrogens with zero attached hydrogens (tertiary/aromatic N) is 4. The van der Waals surface area contributed by atoms with E-state index in [2.05, 4.69) is 4.98 Å². The predicted octanol–water partition coefficient (Wildman–Crippen LogP) is 3.26. The van der Waals surface area contributed by atoms with E-state index in [1.54, 1.807) is 35.0 Å². The summed E-state index contributed by atoms with van der Waals surface area (Å²) in [4.78, 5) is 5.83. The van der Waals surface area contributed by atoms with E-state index in [4.69, 9.17) is 5.26 Å². The second-order valence-corrected chi connectivity index (χ2v) is 6.51. The molecule has 1 N–H and O–H groups in total. The third kappa shape index (κ3) is 3.53. The van der Waals surface area contributed by atoms with Gasteiger partial charge in [-0.1, -0.05) is 0 Å². The molecule has 1 aromatic heterocycles. The molecule has 0 aliphatic carbocycles. The van der Waals surface area contributed by atoms with Crippen molar-refractivity contribution in [3.63, 3.8) is 0 Å². The van der Waals surface area contributed by atoms with E-state index in [1.807, 2.05) is 0 Å². The maximum Gasteiger partial charge on any atom is 0.418 e. The molecule has 1 unspecified atom stereocenters. The molecule has 0 radical (unpaired) electrons. The molecule has 2 aromatic rings. The number of hydrogen-bond acceptors (Lipinski definition) is 4. The number of piperidine rings is 1. The van der Waals surface area contributed by atoms with Gasteiger partial charge in [0.05, 0.1) is 17.2 Å². The van der Waals surface area contributed by atoms with Crippen molar-refractivity contribution in [1.29, 1.82) is 5.26 Å². The maximum absolute atomic E-state index is 13.4. The Morgan fingerprint density at radius 1 is 1.31 bits per heavy atom. The van der Waals surface area contributed by atoms with Crippen molar-refractivity contribution in [1.82, 2.24) is 9.55 Å². The molecule has 5 nitrogen and oxygen atoms in total. The number of aromatic nitrogens is 2. The molecule has 0 amide bonds. The summed E-state index contributed by atoms with van der Waals surface area (Å²) in [7, 11) is 1.80. The van der Waals surface area contributed by atoms with Crippen LogP contribution in [0.3, 0.4) is 0 Å². The fourth-order valence-corrected chi connectivity index (χ4v) is 3.44. The molecule has 1 aromatic carbocycles. The minimum absolute atomic E-state index is 0.0128. The highest BCUT2D eigenvalue weighted by atomic mass is 19.4. The van der Waals surface area contributed by atoms with Gasteiger partial charge in [0, 0.05) is 38.2 Å². The number of rotatable bonds is 3. The Labute approximate surface area is 149 Å². The molecule has 1 saturated heterocycles. The maximum atomic E-state index is 13.4. The summed E-state index contributed by atoms with van der Waals surface area (Å²) in [5, 5.41) is 19.4. The molecule has 0 saturated carbocycles. The van der Waals surface area contributed by atoms with Crippen LogP contribution in [0.1, 0.15) is 35.9 Å². The van der Waals surface area contributed by atoms with Gasteiger partial charge < -0.3 is 14.6 Å². The van der Waals surface area contributed by atoms with Crippen molar-refractivity contribution in [3.05, 3.63) is 47.5 Å². The Morgan fingerprint density at radius 3 is 2.54 bits per heavy atom. The predicted molar refractivity (Wildman–Crippen MR) is 89.3 cm³/mol. The molecular formula is C18H19F3N4O. The van der Waals surface area contributed by atoms with Gasteiger partial charge in [0.15, 0.2) is 0 Å². The zero-order valence-electron chi connectivity index (χ0n) is 14.2. The smallest absolute Gasteiger partial charge is 0.385 e. The molecule has 0 bridgehead atoms. The number of hydrogen-bond donors (Lipinski definition) is 1. The van der Waals surface area contributed by atoms with Gasteiger partial charge in [0.1, 0.15) is 11.9 Å². The molecule has 0 spiro atoms. The fourth-order valence-electron chi connectivity index (χ4n) is 3.44. The van der Waals surface area contributed by atoms with E-state index in [0.717, 1.165) is 6.07 Å². The lowest BCUT2D eigenvalue weighted by molar-refractivity contribution is -0.137. The van der Waals surface area contributed by atoms with Gasteiger partial charge in [-0.2, -0.15) is 18.4 Å². The molecular weight excluding hydrogens is 345 g/mol. The Hall–Kier alpha value is -2.53. The van der Waals surface area contributed by atoms with Crippen LogP contribution in [0.25, 0.3) is 0 Å². The second-order valence-electron chi connectivity index (χ2n) is 6.51. The average molecular weight is 364 g/mol. The molecule has 1 fully saturated rings. The van der Waals surface area contributed by atoms with Gasteiger partial charge in [-0.25, -0.2) is 4.98 Å². The number of aliphatic hydroxyl groups is 1.